The van der Waals surface area contributed by atoms with Gasteiger partial charge in [0.25, 0.3) is 0 Å². The smallest absolute Gasteiger partial charge is 0.249 e. The van der Waals surface area contributed by atoms with E-state index in [9.17, 15) is 4.79 Å². The van der Waals surface area contributed by atoms with E-state index in [1.807, 2.05) is 53.4 Å². The lowest BCUT2D eigenvalue weighted by Gasteiger charge is -2.41. The van der Waals surface area contributed by atoms with E-state index in [0.29, 0.717) is 18.9 Å². The highest BCUT2D eigenvalue weighted by Gasteiger charge is 2.53. The first-order valence-electron chi connectivity index (χ1n) is 14.4. The van der Waals surface area contributed by atoms with Crippen LogP contribution in [0.3, 0.4) is 0 Å². The highest BCUT2D eigenvalue weighted by atomic mass is 16.5. The Balaban J connectivity index is 1.09. The first-order valence-corrected chi connectivity index (χ1v) is 14.4. The van der Waals surface area contributed by atoms with Gasteiger partial charge in [-0.2, -0.15) is 0 Å². The molecule has 210 valence electrons. The van der Waals surface area contributed by atoms with Crippen molar-refractivity contribution in [3.05, 3.63) is 108 Å². The Morgan fingerprint density at radius 1 is 1.00 bits per heavy atom. The molecular formula is C34H37N5O2. The molecule has 1 amide bonds. The minimum absolute atomic E-state index is 0.0523. The minimum atomic E-state index is -0.225. The minimum Gasteiger partial charge on any atom is -0.365 e. The molecule has 1 unspecified atom stereocenters. The summed E-state index contributed by atoms with van der Waals surface area (Å²) in [6, 6.07) is 28.7. The molecule has 2 atom stereocenters. The molecule has 0 bridgehead atoms. The Labute approximate surface area is 241 Å². The summed E-state index contributed by atoms with van der Waals surface area (Å²) in [5, 5.41) is 3.37. The van der Waals surface area contributed by atoms with Gasteiger partial charge in [-0.3, -0.25) is 4.79 Å². The molecule has 1 aliphatic heterocycles. The van der Waals surface area contributed by atoms with Crippen molar-refractivity contribution in [2.75, 3.05) is 18.5 Å². The zero-order valence-corrected chi connectivity index (χ0v) is 23.7. The van der Waals surface area contributed by atoms with Crippen LogP contribution in [0.25, 0.3) is 11.3 Å². The molecule has 1 saturated carbocycles. The van der Waals surface area contributed by atoms with Crippen LogP contribution < -0.4 is 11.1 Å². The van der Waals surface area contributed by atoms with E-state index < -0.39 is 0 Å². The van der Waals surface area contributed by atoms with Crippen molar-refractivity contribution >= 4 is 17.4 Å². The summed E-state index contributed by atoms with van der Waals surface area (Å²) in [6.07, 6.45) is 3.98. The number of carbonyl (C=O) groups is 1. The van der Waals surface area contributed by atoms with Crippen LogP contribution >= 0.6 is 0 Å². The first kappa shape index (κ1) is 27.1. The lowest BCUT2D eigenvalue weighted by Crippen LogP contribution is -2.56. The molecule has 41 heavy (non-hydrogen) atoms. The summed E-state index contributed by atoms with van der Waals surface area (Å²) in [7, 11) is 0. The molecule has 7 heteroatoms. The molecule has 2 aliphatic rings. The van der Waals surface area contributed by atoms with Crippen LogP contribution in [0.5, 0.6) is 0 Å². The zero-order valence-electron chi connectivity index (χ0n) is 23.7. The third-order valence-electron chi connectivity index (χ3n) is 8.33. The number of hydrogen-bond acceptors (Lipinski definition) is 6. The third-order valence-corrected chi connectivity index (χ3v) is 8.33. The number of aromatic nitrogens is 2. The predicted octanol–water partition coefficient (Wildman–Crippen LogP) is 5.80. The van der Waals surface area contributed by atoms with Crippen LogP contribution in [0.2, 0.25) is 0 Å². The number of morpholine rings is 1. The van der Waals surface area contributed by atoms with E-state index in [0.717, 1.165) is 41.2 Å². The van der Waals surface area contributed by atoms with Gasteiger partial charge in [-0.05, 0) is 54.0 Å². The van der Waals surface area contributed by atoms with Crippen molar-refractivity contribution in [1.29, 1.82) is 0 Å². The molecule has 0 spiro atoms. The van der Waals surface area contributed by atoms with Crippen LogP contribution in [0.1, 0.15) is 49.3 Å². The Morgan fingerprint density at radius 3 is 2.51 bits per heavy atom. The number of anilines is 2. The van der Waals surface area contributed by atoms with Crippen molar-refractivity contribution in [3.8, 4) is 11.3 Å². The maximum absolute atomic E-state index is 13.0. The first-order chi connectivity index (χ1) is 19.9. The van der Waals surface area contributed by atoms with Crippen molar-refractivity contribution in [2.45, 2.75) is 56.7 Å². The Bertz CT molecular complexity index is 1500. The number of nitrogens with one attached hydrogen (secondary N) is 1. The van der Waals surface area contributed by atoms with E-state index in [2.05, 4.69) is 65.5 Å². The monoisotopic (exact) mass is 547 g/mol. The van der Waals surface area contributed by atoms with Crippen molar-refractivity contribution in [1.82, 2.24) is 14.9 Å². The van der Waals surface area contributed by atoms with Crippen molar-refractivity contribution in [3.63, 3.8) is 0 Å². The number of nitrogens with zero attached hydrogens (tertiary/aromatic N) is 3. The van der Waals surface area contributed by atoms with Crippen LogP contribution in [0.15, 0.2) is 91.3 Å². The van der Waals surface area contributed by atoms with Crippen LogP contribution in [0, 0.1) is 0 Å². The van der Waals surface area contributed by atoms with Gasteiger partial charge in [0.2, 0.25) is 5.91 Å². The van der Waals surface area contributed by atoms with E-state index in [1.165, 1.54) is 11.1 Å². The molecule has 2 fully saturated rings. The summed E-state index contributed by atoms with van der Waals surface area (Å²) < 4.78 is 5.98. The van der Waals surface area contributed by atoms with Gasteiger partial charge >= 0.3 is 0 Å². The fourth-order valence-electron chi connectivity index (χ4n) is 5.75. The van der Waals surface area contributed by atoms with Gasteiger partial charge in [0.1, 0.15) is 18.8 Å². The molecule has 3 aromatic carbocycles. The second-order valence-electron chi connectivity index (χ2n) is 11.5. The maximum atomic E-state index is 13.0. The van der Waals surface area contributed by atoms with Gasteiger partial charge < -0.3 is 20.7 Å². The second-order valence-corrected chi connectivity index (χ2v) is 11.5. The van der Waals surface area contributed by atoms with Crippen molar-refractivity contribution in [2.24, 2.45) is 5.73 Å². The van der Waals surface area contributed by atoms with Crippen LogP contribution in [0.4, 0.5) is 11.5 Å². The Hall–Kier alpha value is -4.07. The van der Waals surface area contributed by atoms with Gasteiger partial charge in [0, 0.05) is 29.9 Å². The average molecular weight is 548 g/mol. The van der Waals surface area contributed by atoms with E-state index in [4.69, 9.17) is 10.5 Å². The molecular weight excluding hydrogens is 510 g/mol. The van der Waals surface area contributed by atoms with Crippen LogP contribution in [-0.4, -0.2) is 46.1 Å². The molecule has 1 aromatic heterocycles. The number of ether oxygens (including phenoxy) is 1. The lowest BCUT2D eigenvalue weighted by atomic mass is 9.94. The van der Waals surface area contributed by atoms with E-state index >= 15 is 0 Å². The normalized spacial score (nSPS) is 18.8. The number of rotatable bonds is 9. The topological polar surface area (TPSA) is 93.4 Å². The zero-order chi connectivity index (χ0) is 28.4. The molecule has 2 heterocycles. The number of hydrogen-bond donors (Lipinski definition) is 2. The van der Waals surface area contributed by atoms with Gasteiger partial charge in [0.05, 0.1) is 17.3 Å². The largest absolute Gasteiger partial charge is 0.365 e. The summed E-state index contributed by atoms with van der Waals surface area (Å²) in [5.41, 5.74) is 13.0. The van der Waals surface area contributed by atoms with Crippen molar-refractivity contribution < 1.29 is 9.53 Å². The van der Waals surface area contributed by atoms with Crippen LogP contribution in [-0.2, 0) is 21.5 Å². The number of nitrogens with two attached hydrogens (primary N) is 1. The summed E-state index contributed by atoms with van der Waals surface area (Å²) in [4.78, 5) is 23.8. The SMILES string of the molecule is CC(C)c1cccc(C2(N3CC([C@@H](N)Cc4ccc(Nc5cc(-c6ccccc6)ncn5)cc4)OCC3=O)CC2)c1. The lowest BCUT2D eigenvalue weighted by molar-refractivity contribution is -0.155. The quantitative estimate of drug-likeness (QED) is 0.275. The highest BCUT2D eigenvalue weighted by Crippen LogP contribution is 2.52. The summed E-state index contributed by atoms with van der Waals surface area (Å²) in [5.74, 6) is 1.23. The highest BCUT2D eigenvalue weighted by molar-refractivity contribution is 5.80. The molecule has 0 radical (unpaired) electrons. The Kier molecular flexibility index (Phi) is 7.56. The second kappa shape index (κ2) is 11.4. The molecule has 1 aliphatic carbocycles. The molecule has 3 N–H and O–H groups in total. The van der Waals surface area contributed by atoms with E-state index in [1.54, 1.807) is 6.33 Å². The fourth-order valence-corrected chi connectivity index (χ4v) is 5.75. The number of carbonyl (C=O) groups excluding carboxylic acids is 1. The molecule has 1 saturated heterocycles. The molecule has 7 nitrogen and oxygen atoms in total. The summed E-state index contributed by atoms with van der Waals surface area (Å²) in [6.45, 7) is 5.00. The standard InChI is InChI=1S/C34H37N5O2/c1-23(2)26-9-6-10-27(18-26)34(15-16-34)39-20-31(41-21-33(39)40)29(35)17-24-11-13-28(14-12-24)38-32-19-30(36-22-37-32)25-7-4-3-5-8-25/h3-14,18-19,22-23,29,31H,15-17,20-21,35H2,1-2H3,(H,36,37,38)/t29-,31?/m0/s1. The van der Waals surface area contributed by atoms with Gasteiger partial charge in [-0.25, -0.2) is 9.97 Å². The molecule has 6 rings (SSSR count). The summed E-state index contributed by atoms with van der Waals surface area (Å²) >= 11 is 0. The third kappa shape index (κ3) is 5.87. The average Bonchev–Trinajstić information content (AvgIpc) is 3.81. The Morgan fingerprint density at radius 2 is 1.78 bits per heavy atom. The van der Waals surface area contributed by atoms with E-state index in [-0.39, 0.29) is 30.2 Å². The fraction of sp³-hybridized carbons (Fsp3) is 0.324. The maximum Gasteiger partial charge on any atom is 0.249 e. The van der Waals surface area contributed by atoms with Gasteiger partial charge in [0.15, 0.2) is 0 Å². The predicted molar refractivity (Wildman–Crippen MR) is 162 cm³/mol. The molecule has 4 aromatic rings. The number of amides is 1. The van der Waals surface area contributed by atoms with Gasteiger partial charge in [-0.15, -0.1) is 0 Å². The number of benzene rings is 3. The van der Waals surface area contributed by atoms with Gasteiger partial charge in [-0.1, -0.05) is 80.6 Å².